The smallest absolute Gasteiger partial charge is 0.220 e. The van der Waals surface area contributed by atoms with Gasteiger partial charge in [-0.25, -0.2) is 0 Å². The van der Waals surface area contributed by atoms with Crippen molar-refractivity contribution in [3.05, 3.63) is 0 Å². The summed E-state index contributed by atoms with van der Waals surface area (Å²) in [4.78, 5) is 10.5. The van der Waals surface area contributed by atoms with Crippen LogP contribution in [0.1, 0.15) is 26.2 Å². The average Bonchev–Trinajstić information content (AvgIpc) is 1.88. The van der Waals surface area contributed by atoms with Crippen LogP contribution in [0.3, 0.4) is 0 Å². The van der Waals surface area contributed by atoms with Crippen molar-refractivity contribution in [2.75, 3.05) is 5.33 Å². The molecule has 2 N–H and O–H groups in total. The third-order valence-corrected chi connectivity index (χ3v) is 2.07. The summed E-state index contributed by atoms with van der Waals surface area (Å²) in [6.45, 7) is 1.87. The van der Waals surface area contributed by atoms with E-state index in [9.17, 15) is 4.79 Å². The molecule has 1 atom stereocenters. The molecule has 0 radical (unpaired) electrons. The molecule has 0 bridgehead atoms. The van der Waals surface area contributed by atoms with Crippen LogP contribution in [0.5, 0.6) is 0 Å². The highest BCUT2D eigenvalue weighted by Gasteiger charge is 2.06. The molecule has 0 aliphatic heterocycles. The second-order valence-corrected chi connectivity index (χ2v) is 3.28. The standard InChI is InChI=1S/C7H14BrNO/c1-6(7(9)10)4-2-3-5-8/h6H,2-5H2,1H3,(H2,9,10). The number of unbranched alkanes of at least 4 members (excludes halogenated alkanes) is 1. The zero-order chi connectivity index (χ0) is 7.98. The highest BCUT2D eigenvalue weighted by Crippen LogP contribution is 2.07. The molecule has 2 nitrogen and oxygen atoms in total. The molecule has 0 aliphatic carbocycles. The van der Waals surface area contributed by atoms with Crippen molar-refractivity contribution in [3.63, 3.8) is 0 Å². The fourth-order valence-corrected chi connectivity index (χ4v) is 1.08. The number of hydrogen-bond donors (Lipinski definition) is 1. The minimum Gasteiger partial charge on any atom is -0.369 e. The van der Waals surface area contributed by atoms with Crippen LogP contribution in [0.2, 0.25) is 0 Å². The predicted molar refractivity (Wildman–Crippen MR) is 46.0 cm³/mol. The summed E-state index contributed by atoms with van der Waals surface area (Å²) in [6, 6.07) is 0. The number of carbonyl (C=O) groups is 1. The Kier molecular flexibility index (Phi) is 5.69. The highest BCUT2D eigenvalue weighted by molar-refractivity contribution is 9.09. The molecule has 0 aromatic heterocycles. The molecule has 0 fully saturated rings. The van der Waals surface area contributed by atoms with Gasteiger partial charge in [-0.1, -0.05) is 29.3 Å². The van der Waals surface area contributed by atoms with Gasteiger partial charge < -0.3 is 5.73 Å². The summed E-state index contributed by atoms with van der Waals surface area (Å²) in [5.41, 5.74) is 5.07. The molecular formula is C7H14BrNO. The second kappa shape index (κ2) is 5.71. The van der Waals surface area contributed by atoms with E-state index in [2.05, 4.69) is 15.9 Å². The predicted octanol–water partition coefficient (Wildman–Crippen LogP) is 1.67. The van der Waals surface area contributed by atoms with Gasteiger partial charge in [0.1, 0.15) is 0 Å². The third kappa shape index (κ3) is 4.79. The number of carbonyl (C=O) groups excluding carboxylic acids is 1. The Bertz CT molecular complexity index is 106. The number of nitrogens with two attached hydrogens (primary N) is 1. The SMILES string of the molecule is CC(CCCCBr)C(N)=O. The van der Waals surface area contributed by atoms with E-state index in [0.29, 0.717) is 0 Å². The van der Waals surface area contributed by atoms with Crippen molar-refractivity contribution >= 4 is 21.8 Å². The number of hydrogen-bond acceptors (Lipinski definition) is 1. The molecule has 0 saturated carbocycles. The Hall–Kier alpha value is -0.0500. The van der Waals surface area contributed by atoms with Gasteiger partial charge in [0.25, 0.3) is 0 Å². The van der Waals surface area contributed by atoms with Crippen LogP contribution < -0.4 is 5.73 Å². The minimum absolute atomic E-state index is 0.0408. The molecule has 0 saturated heterocycles. The number of alkyl halides is 1. The molecule has 0 aromatic rings. The van der Waals surface area contributed by atoms with Crippen molar-refractivity contribution in [1.82, 2.24) is 0 Å². The fraction of sp³-hybridized carbons (Fsp3) is 0.857. The van der Waals surface area contributed by atoms with E-state index < -0.39 is 0 Å². The number of primary amides is 1. The Labute approximate surface area is 70.3 Å². The number of rotatable bonds is 5. The van der Waals surface area contributed by atoms with Gasteiger partial charge in [0.05, 0.1) is 0 Å². The summed E-state index contributed by atoms with van der Waals surface area (Å²) in [7, 11) is 0. The molecule has 1 amide bonds. The first-order valence-corrected chi connectivity index (χ1v) is 4.66. The van der Waals surface area contributed by atoms with Gasteiger partial charge in [-0.05, 0) is 12.8 Å². The molecule has 60 valence electrons. The summed E-state index contributed by atoms with van der Waals surface area (Å²) in [5, 5.41) is 1.01. The van der Waals surface area contributed by atoms with Crippen molar-refractivity contribution < 1.29 is 4.79 Å². The molecule has 0 heterocycles. The maximum atomic E-state index is 10.5. The van der Waals surface area contributed by atoms with Crippen LogP contribution in [0.4, 0.5) is 0 Å². The molecule has 10 heavy (non-hydrogen) atoms. The third-order valence-electron chi connectivity index (χ3n) is 1.51. The van der Waals surface area contributed by atoms with E-state index in [1.165, 1.54) is 0 Å². The average molecular weight is 208 g/mol. The lowest BCUT2D eigenvalue weighted by Gasteiger charge is -2.04. The van der Waals surface area contributed by atoms with Crippen molar-refractivity contribution in [2.24, 2.45) is 11.7 Å². The summed E-state index contributed by atoms with van der Waals surface area (Å²) >= 11 is 3.32. The van der Waals surface area contributed by atoms with Gasteiger partial charge in [0.15, 0.2) is 0 Å². The Balaban J connectivity index is 3.21. The molecule has 0 rings (SSSR count). The van der Waals surface area contributed by atoms with Crippen LogP contribution in [-0.4, -0.2) is 11.2 Å². The van der Waals surface area contributed by atoms with E-state index in [1.807, 2.05) is 6.92 Å². The van der Waals surface area contributed by atoms with Gasteiger partial charge in [0, 0.05) is 11.2 Å². The second-order valence-electron chi connectivity index (χ2n) is 2.49. The van der Waals surface area contributed by atoms with Crippen molar-refractivity contribution in [2.45, 2.75) is 26.2 Å². The molecule has 3 heteroatoms. The summed E-state index contributed by atoms with van der Waals surface area (Å²) < 4.78 is 0. The first-order chi connectivity index (χ1) is 4.68. The maximum absolute atomic E-state index is 10.5. The highest BCUT2D eigenvalue weighted by atomic mass is 79.9. The van der Waals surface area contributed by atoms with E-state index in [4.69, 9.17) is 5.73 Å². The topological polar surface area (TPSA) is 43.1 Å². The Morgan fingerprint density at radius 2 is 2.20 bits per heavy atom. The van der Waals surface area contributed by atoms with E-state index in [1.54, 1.807) is 0 Å². The van der Waals surface area contributed by atoms with Crippen LogP contribution in [0.15, 0.2) is 0 Å². The normalized spacial score (nSPS) is 13.0. The molecule has 0 aromatic carbocycles. The van der Waals surface area contributed by atoms with Gasteiger partial charge >= 0.3 is 0 Å². The van der Waals surface area contributed by atoms with Crippen LogP contribution in [0, 0.1) is 5.92 Å². The lowest BCUT2D eigenvalue weighted by atomic mass is 10.0. The maximum Gasteiger partial charge on any atom is 0.220 e. The Morgan fingerprint density at radius 1 is 1.60 bits per heavy atom. The van der Waals surface area contributed by atoms with E-state index in [-0.39, 0.29) is 11.8 Å². The van der Waals surface area contributed by atoms with Crippen LogP contribution in [0.25, 0.3) is 0 Å². The summed E-state index contributed by atoms with van der Waals surface area (Å²) in [5.74, 6) is -0.145. The van der Waals surface area contributed by atoms with E-state index >= 15 is 0 Å². The lowest BCUT2D eigenvalue weighted by Crippen LogP contribution is -2.20. The molecule has 1 unspecified atom stereocenters. The zero-order valence-corrected chi connectivity index (χ0v) is 7.86. The van der Waals surface area contributed by atoms with Gasteiger partial charge in [-0.15, -0.1) is 0 Å². The number of amides is 1. The zero-order valence-electron chi connectivity index (χ0n) is 6.27. The molecule has 0 spiro atoms. The quantitative estimate of drug-likeness (QED) is 0.542. The first kappa shape index (κ1) is 9.95. The first-order valence-electron chi connectivity index (χ1n) is 3.53. The minimum atomic E-state index is -0.186. The largest absolute Gasteiger partial charge is 0.369 e. The number of halogens is 1. The molecular weight excluding hydrogens is 194 g/mol. The van der Waals surface area contributed by atoms with E-state index in [0.717, 1.165) is 24.6 Å². The van der Waals surface area contributed by atoms with Crippen molar-refractivity contribution in [1.29, 1.82) is 0 Å². The van der Waals surface area contributed by atoms with Gasteiger partial charge in [0.2, 0.25) is 5.91 Å². The molecule has 0 aliphatic rings. The van der Waals surface area contributed by atoms with Crippen LogP contribution >= 0.6 is 15.9 Å². The van der Waals surface area contributed by atoms with Crippen molar-refractivity contribution in [3.8, 4) is 0 Å². The lowest BCUT2D eigenvalue weighted by molar-refractivity contribution is -0.121. The van der Waals surface area contributed by atoms with Crippen LogP contribution in [-0.2, 0) is 4.79 Å². The Morgan fingerprint density at radius 3 is 2.60 bits per heavy atom. The summed E-state index contributed by atoms with van der Waals surface area (Å²) in [6.07, 6.45) is 3.12. The monoisotopic (exact) mass is 207 g/mol. The van der Waals surface area contributed by atoms with Gasteiger partial charge in [-0.2, -0.15) is 0 Å². The fourth-order valence-electron chi connectivity index (χ4n) is 0.687. The van der Waals surface area contributed by atoms with Gasteiger partial charge in [-0.3, -0.25) is 4.79 Å².